The number of amides is 1. The van der Waals surface area contributed by atoms with Gasteiger partial charge in [0.05, 0.1) is 5.75 Å². The third-order valence-electron chi connectivity index (χ3n) is 4.42. The molecule has 0 aliphatic heterocycles. The van der Waals surface area contributed by atoms with Crippen molar-refractivity contribution >= 4 is 21.4 Å². The lowest BCUT2D eigenvalue weighted by molar-refractivity contribution is -0.118. The molecule has 0 spiro atoms. The first-order valence-electron chi connectivity index (χ1n) is 9.10. The Morgan fingerprint density at radius 3 is 2.61 bits per heavy atom. The first kappa shape index (κ1) is 21.7. The van der Waals surface area contributed by atoms with E-state index >= 15 is 0 Å². The van der Waals surface area contributed by atoms with Gasteiger partial charge in [-0.3, -0.25) is 9.59 Å². The lowest BCUT2D eigenvalue weighted by Gasteiger charge is -2.15. The van der Waals surface area contributed by atoms with Gasteiger partial charge >= 0.3 is 0 Å². The maximum Gasteiger partial charge on any atom is 0.274 e. The van der Waals surface area contributed by atoms with Gasteiger partial charge in [0.1, 0.15) is 21.3 Å². The van der Waals surface area contributed by atoms with Crippen LogP contribution in [0.4, 0.5) is 5.69 Å². The number of aryl methyl sites for hydroxylation is 1. The number of aromatic nitrogens is 1. The second kappa shape index (κ2) is 9.54. The zero-order valence-electron chi connectivity index (χ0n) is 16.3. The molecule has 0 unspecified atom stereocenters. The highest BCUT2D eigenvalue weighted by Gasteiger charge is 2.13. The predicted octanol–water partition coefficient (Wildman–Crippen LogP) is 2.42. The van der Waals surface area contributed by atoms with Gasteiger partial charge in [-0.25, -0.2) is 8.42 Å². The average Bonchev–Trinajstić information content (AvgIpc) is 2.66. The maximum absolute atomic E-state index is 12.4. The highest BCUT2D eigenvalue weighted by atomic mass is 32.2. The van der Waals surface area contributed by atoms with Crippen LogP contribution in [0.25, 0.3) is 0 Å². The normalized spacial score (nSPS) is 12.4. The largest absolute Gasteiger partial charge is 0.483 e. The fourth-order valence-electron chi connectivity index (χ4n) is 2.64. The minimum Gasteiger partial charge on any atom is -0.483 e. The molecule has 0 fully saturated rings. The van der Waals surface area contributed by atoms with E-state index in [0.29, 0.717) is 11.7 Å². The van der Waals surface area contributed by atoms with Crippen LogP contribution in [0.5, 0.6) is 5.75 Å². The number of rotatable bonds is 9. The summed E-state index contributed by atoms with van der Waals surface area (Å²) < 4.78 is 29.5. The summed E-state index contributed by atoms with van der Waals surface area (Å²) in [6, 6.07) is 10.6. The molecule has 8 heteroatoms. The second-order valence-corrected chi connectivity index (χ2v) is 8.99. The van der Waals surface area contributed by atoms with E-state index in [9.17, 15) is 18.0 Å². The monoisotopic (exact) mass is 406 g/mol. The van der Waals surface area contributed by atoms with Crippen molar-refractivity contribution in [1.29, 1.82) is 0 Å². The molecule has 0 aliphatic rings. The van der Waals surface area contributed by atoms with E-state index in [1.165, 1.54) is 16.8 Å². The van der Waals surface area contributed by atoms with E-state index in [-0.39, 0.29) is 24.6 Å². The predicted molar refractivity (Wildman–Crippen MR) is 110 cm³/mol. The van der Waals surface area contributed by atoms with Crippen LogP contribution >= 0.6 is 0 Å². The van der Waals surface area contributed by atoms with Gasteiger partial charge in [0, 0.05) is 19.0 Å². The standard InChI is InChI=1S/C20H26N2O5S/c1-4-15(2)16-8-5-6-10-18(16)27-14-19(23)21-17-9-7-11-22(20(17)24)12-13-28(3,25)26/h5-11,15H,4,12-14H2,1-3H3,(H,21,23)/t15-/m0/s1. The Bertz CT molecular complexity index is 982. The van der Waals surface area contributed by atoms with Gasteiger partial charge in [0.2, 0.25) is 0 Å². The van der Waals surface area contributed by atoms with Crippen molar-refractivity contribution in [2.24, 2.45) is 0 Å². The summed E-state index contributed by atoms with van der Waals surface area (Å²) in [5.74, 6) is 0.331. The van der Waals surface area contributed by atoms with Crippen LogP contribution < -0.4 is 15.6 Å². The molecular weight excluding hydrogens is 380 g/mol. The molecular formula is C20H26N2O5S. The maximum atomic E-state index is 12.4. The third kappa shape index (κ3) is 6.23. The van der Waals surface area contributed by atoms with Gasteiger partial charge in [-0.1, -0.05) is 32.0 Å². The molecule has 1 aromatic carbocycles. The van der Waals surface area contributed by atoms with Crippen LogP contribution in [-0.2, 0) is 21.2 Å². The molecule has 152 valence electrons. The molecule has 28 heavy (non-hydrogen) atoms. The summed E-state index contributed by atoms with van der Waals surface area (Å²) in [6.07, 6.45) is 3.55. The van der Waals surface area contributed by atoms with Crippen LogP contribution in [-0.4, -0.2) is 37.5 Å². The summed E-state index contributed by atoms with van der Waals surface area (Å²) in [6.45, 7) is 3.97. The molecule has 0 saturated carbocycles. The number of hydrogen-bond acceptors (Lipinski definition) is 5. The zero-order chi connectivity index (χ0) is 20.7. The number of hydrogen-bond donors (Lipinski definition) is 1. The Labute approximate surface area is 165 Å². The Morgan fingerprint density at radius 2 is 1.93 bits per heavy atom. The highest BCUT2D eigenvalue weighted by Crippen LogP contribution is 2.28. The molecule has 0 aliphatic carbocycles. The van der Waals surface area contributed by atoms with E-state index in [0.717, 1.165) is 18.2 Å². The fraction of sp³-hybridized carbons (Fsp3) is 0.400. The molecule has 1 atom stereocenters. The van der Waals surface area contributed by atoms with Crippen LogP contribution in [0.3, 0.4) is 0 Å². The summed E-state index contributed by atoms with van der Waals surface area (Å²) in [5.41, 5.74) is 0.653. The van der Waals surface area contributed by atoms with Gasteiger partial charge < -0.3 is 14.6 Å². The van der Waals surface area contributed by atoms with Gasteiger partial charge in [-0.15, -0.1) is 0 Å². The first-order valence-corrected chi connectivity index (χ1v) is 11.2. The molecule has 0 radical (unpaired) electrons. The van der Waals surface area contributed by atoms with Gasteiger partial charge in [-0.05, 0) is 36.1 Å². The Balaban J connectivity index is 2.04. The van der Waals surface area contributed by atoms with Gasteiger partial charge in [0.15, 0.2) is 6.61 Å². The van der Waals surface area contributed by atoms with E-state index in [4.69, 9.17) is 4.74 Å². The fourth-order valence-corrected chi connectivity index (χ4v) is 3.17. The summed E-state index contributed by atoms with van der Waals surface area (Å²) in [4.78, 5) is 24.6. The first-order chi connectivity index (χ1) is 13.2. The topological polar surface area (TPSA) is 94.5 Å². The number of ether oxygens (including phenoxy) is 1. The number of nitrogens with zero attached hydrogens (tertiary/aromatic N) is 1. The van der Waals surface area contributed by atoms with Crippen LogP contribution in [0.1, 0.15) is 31.7 Å². The SMILES string of the molecule is CC[C@H](C)c1ccccc1OCC(=O)Nc1cccn(CCS(C)(=O)=O)c1=O. The third-order valence-corrected chi connectivity index (χ3v) is 5.34. The molecule has 0 saturated heterocycles. The number of benzene rings is 1. The molecule has 1 aromatic heterocycles. The van der Waals surface area contributed by atoms with Gasteiger partial charge in [0.25, 0.3) is 11.5 Å². The minimum absolute atomic E-state index is 0.0279. The smallest absolute Gasteiger partial charge is 0.274 e. The van der Waals surface area contributed by atoms with Crippen molar-refractivity contribution in [3.63, 3.8) is 0 Å². The Hall–Kier alpha value is -2.61. The van der Waals surface area contributed by atoms with Crippen LogP contribution in [0.2, 0.25) is 0 Å². The second-order valence-electron chi connectivity index (χ2n) is 6.73. The zero-order valence-corrected chi connectivity index (χ0v) is 17.2. The van der Waals surface area contributed by atoms with Crippen LogP contribution in [0, 0.1) is 0 Å². The minimum atomic E-state index is -3.19. The van der Waals surface area contributed by atoms with Crippen molar-refractivity contribution in [3.05, 3.63) is 58.5 Å². The number of sulfone groups is 1. The lowest BCUT2D eigenvalue weighted by atomic mass is 9.98. The highest BCUT2D eigenvalue weighted by molar-refractivity contribution is 7.90. The quantitative estimate of drug-likeness (QED) is 0.690. The van der Waals surface area contributed by atoms with Crippen molar-refractivity contribution < 1.29 is 17.9 Å². The molecule has 1 N–H and O–H groups in total. The van der Waals surface area contributed by atoms with Crippen molar-refractivity contribution in [3.8, 4) is 5.75 Å². The summed E-state index contributed by atoms with van der Waals surface area (Å²) in [5, 5.41) is 2.53. The van der Waals surface area contributed by atoms with Crippen LogP contribution in [0.15, 0.2) is 47.4 Å². The van der Waals surface area contributed by atoms with E-state index in [2.05, 4.69) is 19.2 Å². The van der Waals surface area contributed by atoms with E-state index in [1.807, 2.05) is 24.3 Å². The molecule has 1 amide bonds. The Morgan fingerprint density at radius 1 is 1.21 bits per heavy atom. The molecule has 7 nitrogen and oxygen atoms in total. The average molecular weight is 407 g/mol. The van der Waals surface area contributed by atoms with Crippen molar-refractivity contribution in [1.82, 2.24) is 4.57 Å². The lowest BCUT2D eigenvalue weighted by Crippen LogP contribution is -2.29. The number of para-hydroxylation sites is 1. The molecule has 2 aromatic rings. The number of nitrogens with one attached hydrogen (secondary N) is 1. The van der Waals surface area contributed by atoms with Gasteiger partial charge in [-0.2, -0.15) is 0 Å². The summed E-state index contributed by atoms with van der Waals surface area (Å²) in [7, 11) is -3.19. The Kier molecular flexibility index (Phi) is 7.39. The molecule has 0 bridgehead atoms. The molecule has 2 rings (SSSR count). The van der Waals surface area contributed by atoms with Crippen molar-refractivity contribution in [2.75, 3.05) is 23.9 Å². The molecule has 1 heterocycles. The number of pyridine rings is 1. The van der Waals surface area contributed by atoms with E-state index < -0.39 is 21.3 Å². The number of carbonyl (C=O) groups is 1. The number of anilines is 1. The number of carbonyl (C=O) groups excluding carboxylic acids is 1. The summed E-state index contributed by atoms with van der Waals surface area (Å²) >= 11 is 0. The van der Waals surface area contributed by atoms with Crippen molar-refractivity contribution in [2.45, 2.75) is 32.7 Å². The van der Waals surface area contributed by atoms with E-state index in [1.54, 1.807) is 6.07 Å².